The Morgan fingerprint density at radius 2 is 2.00 bits per heavy atom. The van der Waals surface area contributed by atoms with E-state index >= 15 is 0 Å². The van der Waals surface area contributed by atoms with Crippen molar-refractivity contribution < 1.29 is 9.59 Å². The molecule has 0 bridgehead atoms. The summed E-state index contributed by atoms with van der Waals surface area (Å²) in [4.78, 5) is 23.7. The molecule has 0 heterocycles. The fourth-order valence-corrected chi connectivity index (χ4v) is 2.56. The molecule has 16 heavy (non-hydrogen) atoms. The van der Waals surface area contributed by atoms with Crippen LogP contribution in [0.25, 0.3) is 0 Å². The Balaban J connectivity index is 2.29. The van der Waals surface area contributed by atoms with Gasteiger partial charge in [-0.25, -0.2) is 0 Å². The topological polar surface area (TPSA) is 34.1 Å². The molecule has 1 aromatic rings. The Bertz CT molecular complexity index is 408. The maximum absolute atomic E-state index is 11.9. The molecule has 1 aliphatic carbocycles. The molecule has 2 rings (SSSR count). The first-order chi connectivity index (χ1) is 7.65. The highest BCUT2D eigenvalue weighted by molar-refractivity contribution is 6.07. The van der Waals surface area contributed by atoms with Crippen LogP contribution in [0.15, 0.2) is 30.3 Å². The van der Waals surface area contributed by atoms with Crippen molar-refractivity contribution in [1.29, 1.82) is 0 Å². The van der Waals surface area contributed by atoms with E-state index in [0.717, 1.165) is 18.4 Å². The molecule has 1 fully saturated rings. The molecule has 0 N–H and O–H groups in total. The second-order valence-corrected chi connectivity index (χ2v) is 4.58. The van der Waals surface area contributed by atoms with Crippen LogP contribution in [0.5, 0.6) is 0 Å². The van der Waals surface area contributed by atoms with Gasteiger partial charge in [-0.3, -0.25) is 9.59 Å². The normalized spacial score (nSPS) is 24.7. The van der Waals surface area contributed by atoms with Crippen molar-refractivity contribution in [2.75, 3.05) is 0 Å². The smallest absolute Gasteiger partial charge is 0.146 e. The van der Waals surface area contributed by atoms with Gasteiger partial charge in [0.05, 0.1) is 5.41 Å². The molecule has 0 saturated heterocycles. The lowest BCUT2D eigenvalue weighted by Crippen LogP contribution is -2.35. The average molecular weight is 216 g/mol. The lowest BCUT2D eigenvalue weighted by atomic mass is 9.76. The molecule has 1 atom stereocenters. The number of rotatable bonds is 3. The van der Waals surface area contributed by atoms with Gasteiger partial charge in [0.2, 0.25) is 0 Å². The van der Waals surface area contributed by atoms with Gasteiger partial charge in [-0.2, -0.15) is 0 Å². The van der Waals surface area contributed by atoms with Crippen LogP contribution >= 0.6 is 0 Å². The van der Waals surface area contributed by atoms with Crippen LogP contribution in [0.2, 0.25) is 0 Å². The minimum Gasteiger partial charge on any atom is -0.299 e. The molecule has 1 aromatic carbocycles. The fraction of sp³-hybridized carbons (Fsp3) is 0.429. The van der Waals surface area contributed by atoms with E-state index in [9.17, 15) is 9.59 Å². The SMILES string of the molecule is CC(=O)C1(Cc2ccccc2)CCCC1=O. The zero-order valence-corrected chi connectivity index (χ0v) is 9.53. The molecular weight excluding hydrogens is 200 g/mol. The summed E-state index contributed by atoms with van der Waals surface area (Å²) < 4.78 is 0. The number of ketones is 2. The summed E-state index contributed by atoms with van der Waals surface area (Å²) in [5.74, 6) is 0.155. The van der Waals surface area contributed by atoms with Crippen LogP contribution in [0, 0.1) is 5.41 Å². The predicted molar refractivity (Wildman–Crippen MR) is 62.1 cm³/mol. The summed E-state index contributed by atoms with van der Waals surface area (Å²) >= 11 is 0. The quantitative estimate of drug-likeness (QED) is 0.728. The molecule has 1 unspecified atom stereocenters. The Labute approximate surface area is 95.7 Å². The van der Waals surface area contributed by atoms with Gasteiger partial charge in [0.25, 0.3) is 0 Å². The highest BCUT2D eigenvalue weighted by Gasteiger charge is 2.45. The van der Waals surface area contributed by atoms with Crippen LogP contribution in [0.4, 0.5) is 0 Å². The third kappa shape index (κ3) is 1.80. The van der Waals surface area contributed by atoms with E-state index in [-0.39, 0.29) is 11.6 Å². The molecule has 0 spiro atoms. The molecule has 1 aliphatic rings. The molecule has 84 valence electrons. The van der Waals surface area contributed by atoms with Crippen molar-refractivity contribution in [2.45, 2.75) is 32.6 Å². The van der Waals surface area contributed by atoms with E-state index in [4.69, 9.17) is 0 Å². The van der Waals surface area contributed by atoms with E-state index in [0.29, 0.717) is 12.8 Å². The average Bonchev–Trinajstić information content (AvgIpc) is 2.63. The highest BCUT2D eigenvalue weighted by Crippen LogP contribution is 2.38. The van der Waals surface area contributed by atoms with Crippen molar-refractivity contribution in [3.8, 4) is 0 Å². The number of hydrogen-bond acceptors (Lipinski definition) is 2. The number of hydrogen-bond donors (Lipinski definition) is 0. The minimum atomic E-state index is -0.721. The summed E-state index contributed by atoms with van der Waals surface area (Å²) in [6.07, 6.45) is 2.70. The Morgan fingerprint density at radius 1 is 1.31 bits per heavy atom. The Hall–Kier alpha value is -1.44. The summed E-state index contributed by atoms with van der Waals surface area (Å²) in [7, 11) is 0. The molecular formula is C14H16O2. The third-order valence-corrected chi connectivity index (χ3v) is 3.56. The van der Waals surface area contributed by atoms with Crippen LogP contribution < -0.4 is 0 Å². The molecule has 0 aliphatic heterocycles. The van der Waals surface area contributed by atoms with Crippen molar-refractivity contribution in [3.05, 3.63) is 35.9 Å². The maximum atomic E-state index is 11.9. The van der Waals surface area contributed by atoms with Gasteiger partial charge < -0.3 is 0 Å². The van der Waals surface area contributed by atoms with Gasteiger partial charge in [-0.1, -0.05) is 30.3 Å². The van der Waals surface area contributed by atoms with Gasteiger partial charge in [-0.05, 0) is 31.7 Å². The van der Waals surface area contributed by atoms with Crippen molar-refractivity contribution in [3.63, 3.8) is 0 Å². The van der Waals surface area contributed by atoms with E-state index < -0.39 is 5.41 Å². The Morgan fingerprint density at radius 3 is 2.50 bits per heavy atom. The summed E-state index contributed by atoms with van der Waals surface area (Å²) in [6.45, 7) is 1.55. The first-order valence-corrected chi connectivity index (χ1v) is 5.73. The summed E-state index contributed by atoms with van der Waals surface area (Å²) in [5, 5.41) is 0. The standard InChI is InChI=1S/C14H16O2/c1-11(15)14(9-5-8-13(14)16)10-12-6-3-2-4-7-12/h2-4,6-7H,5,8-10H2,1H3. The van der Waals surface area contributed by atoms with Gasteiger partial charge in [-0.15, -0.1) is 0 Å². The van der Waals surface area contributed by atoms with E-state index in [1.165, 1.54) is 0 Å². The predicted octanol–water partition coefficient (Wildman–Crippen LogP) is 2.56. The lowest BCUT2D eigenvalue weighted by molar-refractivity contribution is -0.137. The Kier molecular flexibility index (Phi) is 2.90. The van der Waals surface area contributed by atoms with Gasteiger partial charge in [0.1, 0.15) is 11.6 Å². The van der Waals surface area contributed by atoms with Gasteiger partial charge in [0.15, 0.2) is 0 Å². The monoisotopic (exact) mass is 216 g/mol. The zero-order valence-electron chi connectivity index (χ0n) is 9.53. The number of benzene rings is 1. The van der Waals surface area contributed by atoms with Crippen LogP contribution in [0.3, 0.4) is 0 Å². The van der Waals surface area contributed by atoms with E-state index in [1.807, 2.05) is 30.3 Å². The summed E-state index contributed by atoms with van der Waals surface area (Å²) in [5.41, 5.74) is 0.356. The molecule has 0 aromatic heterocycles. The van der Waals surface area contributed by atoms with Crippen LogP contribution in [-0.2, 0) is 16.0 Å². The van der Waals surface area contributed by atoms with Gasteiger partial charge >= 0.3 is 0 Å². The molecule has 0 radical (unpaired) electrons. The van der Waals surface area contributed by atoms with Crippen molar-refractivity contribution >= 4 is 11.6 Å². The third-order valence-electron chi connectivity index (χ3n) is 3.56. The molecule has 2 heteroatoms. The van der Waals surface area contributed by atoms with Crippen molar-refractivity contribution in [2.24, 2.45) is 5.41 Å². The number of Topliss-reactive ketones (excluding diaryl/α,β-unsaturated/α-hetero) is 2. The number of carbonyl (C=O) groups excluding carboxylic acids is 2. The highest BCUT2D eigenvalue weighted by atomic mass is 16.2. The second kappa shape index (κ2) is 4.20. The lowest BCUT2D eigenvalue weighted by Gasteiger charge is -2.24. The zero-order chi connectivity index (χ0) is 11.6. The molecule has 0 amide bonds. The maximum Gasteiger partial charge on any atom is 0.146 e. The minimum absolute atomic E-state index is 0.0267. The molecule has 1 saturated carbocycles. The van der Waals surface area contributed by atoms with E-state index in [1.54, 1.807) is 6.92 Å². The summed E-state index contributed by atoms with van der Waals surface area (Å²) in [6, 6.07) is 9.80. The first kappa shape index (κ1) is 11.1. The van der Waals surface area contributed by atoms with Crippen molar-refractivity contribution in [1.82, 2.24) is 0 Å². The van der Waals surface area contributed by atoms with E-state index in [2.05, 4.69) is 0 Å². The largest absolute Gasteiger partial charge is 0.299 e. The van der Waals surface area contributed by atoms with Crippen LogP contribution in [-0.4, -0.2) is 11.6 Å². The first-order valence-electron chi connectivity index (χ1n) is 5.73. The van der Waals surface area contributed by atoms with Crippen LogP contribution in [0.1, 0.15) is 31.7 Å². The van der Waals surface area contributed by atoms with Gasteiger partial charge in [0, 0.05) is 6.42 Å². The molecule has 2 nitrogen and oxygen atoms in total. The second-order valence-electron chi connectivity index (χ2n) is 4.58. The number of carbonyl (C=O) groups is 2. The fourth-order valence-electron chi connectivity index (χ4n) is 2.56.